The number of carbonyl (C=O) groups excluding carboxylic acids is 1. The summed E-state index contributed by atoms with van der Waals surface area (Å²) in [5.41, 5.74) is 6.23. The van der Waals surface area contributed by atoms with E-state index in [1.54, 1.807) is 0 Å². The standard InChI is InChI=1S/C17H17ClFN3OS/c1-11(12-6-3-2-4-7-12)20-17(24)22-21-16(23)10-13-14(18)8-5-9-15(13)19/h2-9,11H,10H2,1H3,(H,21,23)(H2,20,22,24). The molecule has 0 spiro atoms. The summed E-state index contributed by atoms with van der Waals surface area (Å²) in [5, 5.41) is 3.52. The molecule has 0 saturated heterocycles. The third-order valence-electron chi connectivity index (χ3n) is 3.36. The van der Waals surface area contributed by atoms with Crippen molar-refractivity contribution in [1.82, 2.24) is 16.2 Å². The smallest absolute Gasteiger partial charge is 0.242 e. The lowest BCUT2D eigenvalue weighted by Gasteiger charge is -2.17. The number of carbonyl (C=O) groups is 1. The minimum Gasteiger partial charge on any atom is -0.355 e. The molecule has 2 rings (SSSR count). The van der Waals surface area contributed by atoms with Crippen LogP contribution >= 0.6 is 23.8 Å². The van der Waals surface area contributed by atoms with Crippen molar-refractivity contribution < 1.29 is 9.18 Å². The second kappa shape index (κ2) is 8.61. The number of thiocarbonyl (C=S) groups is 1. The number of halogens is 2. The first kappa shape index (κ1) is 18.2. The molecule has 1 atom stereocenters. The van der Waals surface area contributed by atoms with Gasteiger partial charge in [-0.2, -0.15) is 0 Å². The van der Waals surface area contributed by atoms with Crippen LogP contribution in [0.4, 0.5) is 4.39 Å². The van der Waals surface area contributed by atoms with E-state index < -0.39 is 11.7 Å². The fourth-order valence-electron chi connectivity index (χ4n) is 2.09. The van der Waals surface area contributed by atoms with Gasteiger partial charge in [-0.3, -0.25) is 15.6 Å². The van der Waals surface area contributed by atoms with Gasteiger partial charge in [0.2, 0.25) is 5.91 Å². The summed E-state index contributed by atoms with van der Waals surface area (Å²) in [4.78, 5) is 11.9. The third kappa shape index (κ3) is 5.18. The second-order valence-corrected chi connectivity index (χ2v) is 5.97. The van der Waals surface area contributed by atoms with Crippen molar-refractivity contribution in [3.8, 4) is 0 Å². The molecule has 1 unspecified atom stereocenters. The monoisotopic (exact) mass is 365 g/mol. The van der Waals surface area contributed by atoms with Gasteiger partial charge in [-0.05, 0) is 36.8 Å². The molecule has 0 radical (unpaired) electrons. The maximum Gasteiger partial charge on any atom is 0.242 e. The molecule has 0 fully saturated rings. The van der Waals surface area contributed by atoms with E-state index in [1.165, 1.54) is 18.2 Å². The molecule has 4 nitrogen and oxygen atoms in total. The van der Waals surface area contributed by atoms with Crippen molar-refractivity contribution in [3.63, 3.8) is 0 Å². The maximum absolute atomic E-state index is 13.6. The molecule has 2 aromatic carbocycles. The Labute approximate surface area is 150 Å². The van der Waals surface area contributed by atoms with Crippen LogP contribution in [0.1, 0.15) is 24.1 Å². The van der Waals surface area contributed by atoms with Crippen molar-refractivity contribution in [1.29, 1.82) is 0 Å². The Bertz CT molecular complexity index is 707. The largest absolute Gasteiger partial charge is 0.355 e. The summed E-state index contributed by atoms with van der Waals surface area (Å²) >= 11 is 11.0. The van der Waals surface area contributed by atoms with Crippen molar-refractivity contribution in [2.24, 2.45) is 0 Å². The average molecular weight is 366 g/mol. The van der Waals surface area contributed by atoms with Gasteiger partial charge in [0.25, 0.3) is 0 Å². The first-order valence-electron chi connectivity index (χ1n) is 7.30. The number of hydrogen-bond donors (Lipinski definition) is 3. The maximum atomic E-state index is 13.6. The van der Waals surface area contributed by atoms with Crippen molar-refractivity contribution >= 4 is 34.8 Å². The van der Waals surface area contributed by atoms with E-state index in [1.807, 2.05) is 37.3 Å². The average Bonchev–Trinajstić information content (AvgIpc) is 2.57. The summed E-state index contributed by atoms with van der Waals surface area (Å²) < 4.78 is 13.6. The molecule has 0 aromatic heterocycles. The van der Waals surface area contributed by atoms with Gasteiger partial charge in [0.1, 0.15) is 5.82 Å². The molecule has 0 aliphatic heterocycles. The van der Waals surface area contributed by atoms with Crippen LogP contribution in [0.2, 0.25) is 5.02 Å². The normalized spacial score (nSPS) is 11.5. The van der Waals surface area contributed by atoms with Crippen molar-refractivity contribution in [2.75, 3.05) is 0 Å². The molecule has 2 aromatic rings. The summed E-state index contributed by atoms with van der Waals surface area (Å²) in [6.45, 7) is 1.95. The summed E-state index contributed by atoms with van der Waals surface area (Å²) in [6, 6.07) is 14.0. The highest BCUT2D eigenvalue weighted by Gasteiger charge is 2.12. The SMILES string of the molecule is CC(NC(=S)NNC(=O)Cc1c(F)cccc1Cl)c1ccccc1. The number of hydrazine groups is 1. The molecule has 1 amide bonds. The van der Waals surface area contributed by atoms with Gasteiger partial charge < -0.3 is 5.32 Å². The summed E-state index contributed by atoms with van der Waals surface area (Å²) in [7, 11) is 0. The van der Waals surface area contributed by atoms with E-state index in [2.05, 4.69) is 16.2 Å². The Kier molecular flexibility index (Phi) is 6.52. The van der Waals surface area contributed by atoms with Crippen molar-refractivity contribution in [3.05, 3.63) is 70.5 Å². The van der Waals surface area contributed by atoms with Gasteiger partial charge in [0, 0.05) is 10.6 Å². The van der Waals surface area contributed by atoms with Gasteiger partial charge in [0.05, 0.1) is 12.5 Å². The van der Waals surface area contributed by atoms with Crippen molar-refractivity contribution in [2.45, 2.75) is 19.4 Å². The topological polar surface area (TPSA) is 53.2 Å². The van der Waals surface area contributed by atoms with E-state index in [4.69, 9.17) is 23.8 Å². The molecule has 0 saturated carbocycles. The summed E-state index contributed by atoms with van der Waals surface area (Å²) in [6.07, 6.45) is -0.185. The lowest BCUT2D eigenvalue weighted by molar-refractivity contribution is -0.121. The quantitative estimate of drug-likeness (QED) is 0.575. The molecule has 24 heavy (non-hydrogen) atoms. The van der Waals surface area contributed by atoms with Crippen LogP contribution in [0.3, 0.4) is 0 Å². The molecule has 0 bridgehead atoms. The van der Waals surface area contributed by atoms with E-state index in [9.17, 15) is 9.18 Å². The van der Waals surface area contributed by atoms with Gasteiger partial charge in [-0.15, -0.1) is 0 Å². The molecule has 0 heterocycles. The molecule has 3 N–H and O–H groups in total. The lowest BCUT2D eigenvalue weighted by Crippen LogP contribution is -2.47. The fourth-order valence-corrected chi connectivity index (χ4v) is 2.55. The van der Waals surface area contributed by atoms with E-state index in [-0.39, 0.29) is 28.2 Å². The fraction of sp³-hybridized carbons (Fsp3) is 0.176. The Morgan fingerprint density at radius 1 is 1.17 bits per heavy atom. The summed E-state index contributed by atoms with van der Waals surface area (Å²) in [5.74, 6) is -0.963. The third-order valence-corrected chi connectivity index (χ3v) is 3.94. The number of rotatable bonds is 4. The number of nitrogens with one attached hydrogen (secondary N) is 3. The minimum atomic E-state index is -0.518. The number of amides is 1. The first-order chi connectivity index (χ1) is 11.5. The predicted octanol–water partition coefficient (Wildman–Crippen LogP) is 3.28. The molecule has 0 aliphatic carbocycles. The van der Waals surface area contributed by atoms with Crippen LogP contribution in [-0.4, -0.2) is 11.0 Å². The van der Waals surface area contributed by atoms with Gasteiger partial charge in [0.15, 0.2) is 5.11 Å². The van der Waals surface area contributed by atoms with Crippen LogP contribution in [0.25, 0.3) is 0 Å². The van der Waals surface area contributed by atoms with Gasteiger partial charge in [-0.1, -0.05) is 48.0 Å². The molecular weight excluding hydrogens is 349 g/mol. The van der Waals surface area contributed by atoms with E-state index in [0.29, 0.717) is 0 Å². The predicted molar refractivity (Wildman–Crippen MR) is 97.0 cm³/mol. The molecule has 7 heteroatoms. The highest BCUT2D eigenvalue weighted by molar-refractivity contribution is 7.80. The Morgan fingerprint density at radius 3 is 2.54 bits per heavy atom. The lowest BCUT2D eigenvalue weighted by atomic mass is 10.1. The Balaban J connectivity index is 1.82. The van der Waals surface area contributed by atoms with E-state index >= 15 is 0 Å². The zero-order valence-electron chi connectivity index (χ0n) is 13.0. The van der Waals surface area contributed by atoms with Crippen LogP contribution < -0.4 is 16.2 Å². The van der Waals surface area contributed by atoms with Crippen LogP contribution in [0.15, 0.2) is 48.5 Å². The molecular formula is C17H17ClFN3OS. The molecule has 126 valence electrons. The highest BCUT2D eigenvalue weighted by atomic mass is 35.5. The highest BCUT2D eigenvalue weighted by Crippen LogP contribution is 2.19. The zero-order valence-corrected chi connectivity index (χ0v) is 14.5. The number of hydrogen-bond acceptors (Lipinski definition) is 2. The van der Waals surface area contributed by atoms with Gasteiger partial charge >= 0.3 is 0 Å². The van der Waals surface area contributed by atoms with Crippen LogP contribution in [-0.2, 0) is 11.2 Å². The first-order valence-corrected chi connectivity index (χ1v) is 8.09. The van der Waals surface area contributed by atoms with Crippen LogP contribution in [0.5, 0.6) is 0 Å². The zero-order chi connectivity index (χ0) is 17.5. The Morgan fingerprint density at radius 2 is 1.88 bits per heavy atom. The Hall–Kier alpha value is -2.18. The van der Waals surface area contributed by atoms with E-state index in [0.717, 1.165) is 5.56 Å². The second-order valence-electron chi connectivity index (χ2n) is 5.16. The number of benzene rings is 2. The van der Waals surface area contributed by atoms with Crippen LogP contribution in [0, 0.1) is 5.82 Å². The minimum absolute atomic E-state index is 0.0240. The molecule has 0 aliphatic rings. The van der Waals surface area contributed by atoms with Gasteiger partial charge in [-0.25, -0.2) is 4.39 Å².